The highest BCUT2D eigenvalue weighted by Gasteiger charge is 2.18. The number of hydrogen-bond acceptors (Lipinski definition) is 5. The van der Waals surface area contributed by atoms with Crippen LogP contribution in [0.5, 0.6) is 5.75 Å². The quantitative estimate of drug-likeness (QED) is 0.715. The van der Waals surface area contributed by atoms with E-state index in [0.717, 1.165) is 76.4 Å². The van der Waals surface area contributed by atoms with E-state index in [0.29, 0.717) is 6.42 Å². The molecule has 1 fully saturated rings. The summed E-state index contributed by atoms with van der Waals surface area (Å²) in [7, 11) is 1.70. The summed E-state index contributed by atoms with van der Waals surface area (Å²) in [6, 6.07) is 14.6. The van der Waals surface area contributed by atoms with E-state index in [4.69, 9.17) is 4.74 Å². The van der Waals surface area contributed by atoms with Crippen LogP contribution >= 0.6 is 0 Å². The Balaban J connectivity index is 1.21. The van der Waals surface area contributed by atoms with E-state index < -0.39 is 0 Å². The lowest BCUT2D eigenvalue weighted by Crippen LogP contribution is -2.46. The molecule has 0 spiro atoms. The molecule has 2 aliphatic rings. The Hall–Kier alpha value is -2.37. The largest absolute Gasteiger partial charge is 0.497 e. The van der Waals surface area contributed by atoms with Gasteiger partial charge in [0.1, 0.15) is 5.75 Å². The van der Waals surface area contributed by atoms with Crippen LogP contribution in [0.25, 0.3) is 0 Å². The summed E-state index contributed by atoms with van der Waals surface area (Å²) in [6.07, 6.45) is 3.65. The molecule has 2 aromatic carbocycles. The first-order chi connectivity index (χ1) is 14.7. The minimum atomic E-state index is 0.284. The molecule has 0 amide bonds. The van der Waals surface area contributed by atoms with Gasteiger partial charge in [0, 0.05) is 43.9 Å². The SMILES string of the molecule is COc1ccc(N2CCN(CCCC(=O)c3ccc4c(c3)CCNCC4)CC2)cc1. The van der Waals surface area contributed by atoms with E-state index in [1.165, 1.54) is 16.8 Å². The molecular weight excluding hydrogens is 374 g/mol. The van der Waals surface area contributed by atoms with Crippen LogP contribution in [-0.4, -0.2) is 63.6 Å². The number of carbonyl (C=O) groups is 1. The molecule has 0 saturated carbocycles. The number of hydrogen-bond donors (Lipinski definition) is 1. The smallest absolute Gasteiger partial charge is 0.162 e. The van der Waals surface area contributed by atoms with Gasteiger partial charge in [-0.25, -0.2) is 0 Å². The molecule has 2 heterocycles. The molecule has 1 saturated heterocycles. The maximum absolute atomic E-state index is 12.7. The summed E-state index contributed by atoms with van der Waals surface area (Å²) in [5.74, 6) is 1.18. The van der Waals surface area contributed by atoms with Gasteiger partial charge >= 0.3 is 0 Å². The molecule has 0 aliphatic carbocycles. The lowest BCUT2D eigenvalue weighted by Gasteiger charge is -2.36. The molecule has 0 radical (unpaired) electrons. The van der Waals surface area contributed by atoms with Gasteiger partial charge in [0.05, 0.1) is 7.11 Å². The molecule has 4 rings (SSSR count). The zero-order valence-corrected chi connectivity index (χ0v) is 18.0. The second-order valence-electron chi connectivity index (χ2n) is 8.29. The topological polar surface area (TPSA) is 44.8 Å². The predicted molar refractivity (Wildman–Crippen MR) is 122 cm³/mol. The summed E-state index contributed by atoms with van der Waals surface area (Å²) >= 11 is 0. The Bertz CT molecular complexity index is 842. The van der Waals surface area contributed by atoms with Crippen LogP contribution < -0.4 is 15.0 Å². The Labute approximate surface area is 180 Å². The Morgan fingerprint density at radius 1 is 0.967 bits per heavy atom. The van der Waals surface area contributed by atoms with Crippen molar-refractivity contribution in [2.45, 2.75) is 25.7 Å². The summed E-state index contributed by atoms with van der Waals surface area (Å²) in [5.41, 5.74) is 4.88. The van der Waals surface area contributed by atoms with E-state index in [2.05, 4.69) is 39.4 Å². The van der Waals surface area contributed by atoms with E-state index in [1.54, 1.807) is 7.11 Å². The maximum atomic E-state index is 12.7. The summed E-state index contributed by atoms with van der Waals surface area (Å²) in [6.45, 7) is 7.19. The average molecular weight is 408 g/mol. The lowest BCUT2D eigenvalue weighted by molar-refractivity contribution is 0.0974. The number of ketones is 1. The normalized spacial score (nSPS) is 17.3. The van der Waals surface area contributed by atoms with Crippen molar-refractivity contribution in [1.29, 1.82) is 0 Å². The molecule has 0 aromatic heterocycles. The van der Waals surface area contributed by atoms with Crippen molar-refractivity contribution in [2.24, 2.45) is 0 Å². The third kappa shape index (κ3) is 5.21. The average Bonchev–Trinajstić information content (AvgIpc) is 3.04. The molecule has 30 heavy (non-hydrogen) atoms. The van der Waals surface area contributed by atoms with Crippen molar-refractivity contribution in [2.75, 3.05) is 57.8 Å². The van der Waals surface area contributed by atoms with Crippen LogP contribution in [0, 0.1) is 0 Å². The molecule has 5 nitrogen and oxygen atoms in total. The predicted octanol–water partition coefficient (Wildman–Crippen LogP) is 3.17. The zero-order valence-electron chi connectivity index (χ0n) is 18.0. The molecule has 0 bridgehead atoms. The fourth-order valence-corrected chi connectivity index (χ4v) is 4.48. The molecule has 0 atom stereocenters. The third-order valence-corrected chi connectivity index (χ3v) is 6.36. The van der Waals surface area contributed by atoms with Crippen LogP contribution in [0.4, 0.5) is 5.69 Å². The number of nitrogens with one attached hydrogen (secondary N) is 1. The summed E-state index contributed by atoms with van der Waals surface area (Å²) in [5, 5.41) is 3.43. The minimum absolute atomic E-state index is 0.284. The van der Waals surface area contributed by atoms with E-state index in [-0.39, 0.29) is 5.78 Å². The second kappa shape index (κ2) is 10.1. The standard InChI is InChI=1S/C25H33N3O2/c1-30-24-8-6-23(7-9-24)28-17-15-27(16-18-28)14-2-3-25(29)22-5-4-20-10-12-26-13-11-21(20)19-22/h4-9,19,26H,2-3,10-18H2,1H3. The van der Waals surface area contributed by atoms with Gasteiger partial charge in [-0.3, -0.25) is 9.69 Å². The summed E-state index contributed by atoms with van der Waals surface area (Å²) < 4.78 is 5.24. The first-order valence-corrected chi connectivity index (χ1v) is 11.2. The van der Waals surface area contributed by atoms with Crippen molar-refractivity contribution in [3.63, 3.8) is 0 Å². The number of carbonyl (C=O) groups excluding carboxylic acids is 1. The number of nitrogens with zero attached hydrogens (tertiary/aromatic N) is 2. The summed E-state index contributed by atoms with van der Waals surface area (Å²) in [4.78, 5) is 17.6. The lowest BCUT2D eigenvalue weighted by atomic mass is 9.97. The number of methoxy groups -OCH3 is 1. The van der Waals surface area contributed by atoms with Crippen molar-refractivity contribution in [1.82, 2.24) is 10.2 Å². The number of piperazine rings is 1. The van der Waals surface area contributed by atoms with Gasteiger partial charge in [-0.05, 0) is 80.4 Å². The highest BCUT2D eigenvalue weighted by Crippen LogP contribution is 2.21. The van der Waals surface area contributed by atoms with Crippen molar-refractivity contribution >= 4 is 11.5 Å². The van der Waals surface area contributed by atoms with Crippen LogP contribution in [0.2, 0.25) is 0 Å². The van der Waals surface area contributed by atoms with Gasteiger partial charge in [-0.2, -0.15) is 0 Å². The molecule has 160 valence electrons. The van der Waals surface area contributed by atoms with Crippen LogP contribution in [-0.2, 0) is 12.8 Å². The molecule has 1 N–H and O–H groups in total. The number of rotatable bonds is 7. The molecule has 2 aromatic rings. The van der Waals surface area contributed by atoms with Gasteiger partial charge in [0.2, 0.25) is 0 Å². The van der Waals surface area contributed by atoms with Gasteiger partial charge in [0.15, 0.2) is 5.78 Å². The zero-order chi connectivity index (χ0) is 20.8. The van der Waals surface area contributed by atoms with Gasteiger partial charge in [-0.15, -0.1) is 0 Å². The van der Waals surface area contributed by atoms with Crippen molar-refractivity contribution < 1.29 is 9.53 Å². The Morgan fingerprint density at radius 2 is 1.70 bits per heavy atom. The maximum Gasteiger partial charge on any atom is 0.162 e. The first kappa shape index (κ1) is 20.9. The molecule has 0 unspecified atom stereocenters. The van der Waals surface area contributed by atoms with E-state index in [1.807, 2.05) is 18.2 Å². The van der Waals surface area contributed by atoms with Crippen molar-refractivity contribution in [3.8, 4) is 5.75 Å². The van der Waals surface area contributed by atoms with Gasteiger partial charge in [-0.1, -0.05) is 12.1 Å². The number of fused-ring (bicyclic) bond motifs is 1. The molecule has 5 heteroatoms. The van der Waals surface area contributed by atoms with Crippen molar-refractivity contribution in [3.05, 3.63) is 59.2 Å². The van der Waals surface area contributed by atoms with Crippen LogP contribution in [0.3, 0.4) is 0 Å². The Kier molecular flexibility index (Phi) is 7.03. The molecule has 2 aliphatic heterocycles. The first-order valence-electron chi connectivity index (χ1n) is 11.2. The van der Waals surface area contributed by atoms with Crippen LogP contribution in [0.1, 0.15) is 34.3 Å². The van der Waals surface area contributed by atoms with Gasteiger partial charge in [0.25, 0.3) is 0 Å². The van der Waals surface area contributed by atoms with Gasteiger partial charge < -0.3 is 15.0 Å². The second-order valence-corrected chi connectivity index (χ2v) is 8.29. The molecular formula is C25H33N3O2. The minimum Gasteiger partial charge on any atom is -0.497 e. The monoisotopic (exact) mass is 407 g/mol. The third-order valence-electron chi connectivity index (χ3n) is 6.36. The number of ether oxygens (including phenoxy) is 1. The fourth-order valence-electron chi connectivity index (χ4n) is 4.48. The number of anilines is 1. The highest BCUT2D eigenvalue weighted by atomic mass is 16.5. The van der Waals surface area contributed by atoms with E-state index >= 15 is 0 Å². The fraction of sp³-hybridized carbons (Fsp3) is 0.480. The number of Topliss-reactive ketones (excluding diaryl/α,β-unsaturated/α-hetero) is 1. The van der Waals surface area contributed by atoms with Crippen LogP contribution in [0.15, 0.2) is 42.5 Å². The Morgan fingerprint density at radius 3 is 2.43 bits per heavy atom. The van der Waals surface area contributed by atoms with E-state index in [9.17, 15) is 4.79 Å². The highest BCUT2D eigenvalue weighted by molar-refractivity contribution is 5.96. The number of benzene rings is 2.